The van der Waals surface area contributed by atoms with Crippen LogP contribution >= 0.6 is 27.5 Å². The van der Waals surface area contributed by atoms with Gasteiger partial charge in [0, 0.05) is 17.5 Å². The lowest BCUT2D eigenvalue weighted by molar-refractivity contribution is 0.147. The summed E-state index contributed by atoms with van der Waals surface area (Å²) in [6, 6.07) is 12.9. The Balaban J connectivity index is 2.29. The highest BCUT2D eigenvalue weighted by Gasteiger charge is 2.22. The van der Waals surface area contributed by atoms with Crippen molar-refractivity contribution >= 4 is 27.5 Å². The fourth-order valence-electron chi connectivity index (χ4n) is 2.26. The van der Waals surface area contributed by atoms with Crippen LogP contribution in [0.1, 0.15) is 23.1 Å². The molecule has 0 bridgehead atoms. The molecular formula is C16H17BrClNO2. The molecule has 0 aliphatic carbocycles. The van der Waals surface area contributed by atoms with Crippen LogP contribution in [0.25, 0.3) is 0 Å². The van der Waals surface area contributed by atoms with Crippen molar-refractivity contribution in [3.63, 3.8) is 0 Å². The number of hydrogen-bond donors (Lipinski definition) is 2. The van der Waals surface area contributed by atoms with Crippen molar-refractivity contribution in [2.45, 2.75) is 12.0 Å². The Morgan fingerprint density at radius 2 is 1.81 bits per heavy atom. The molecule has 0 aromatic heterocycles. The molecule has 0 fully saturated rings. The zero-order chi connectivity index (χ0) is 15.4. The second kappa shape index (κ2) is 7.27. The van der Waals surface area contributed by atoms with Gasteiger partial charge in [0.15, 0.2) is 0 Å². The summed E-state index contributed by atoms with van der Waals surface area (Å²) in [5.41, 5.74) is 7.59. The maximum Gasteiger partial charge on any atom is 0.133 e. The zero-order valence-corrected chi connectivity index (χ0v) is 13.9. The van der Waals surface area contributed by atoms with Crippen molar-refractivity contribution < 1.29 is 9.84 Å². The molecule has 5 heteroatoms. The van der Waals surface area contributed by atoms with Crippen molar-refractivity contribution in [3.05, 3.63) is 63.1 Å². The minimum absolute atomic E-state index is 0.192. The summed E-state index contributed by atoms with van der Waals surface area (Å²) < 4.78 is 6.00. The molecule has 2 unspecified atom stereocenters. The second-order valence-corrected chi connectivity index (χ2v) is 6.02. The van der Waals surface area contributed by atoms with Gasteiger partial charge in [-0.05, 0) is 51.3 Å². The first-order valence-electron chi connectivity index (χ1n) is 6.54. The lowest BCUT2D eigenvalue weighted by atomic mass is 9.89. The lowest BCUT2D eigenvalue weighted by Gasteiger charge is -2.23. The molecule has 0 saturated heterocycles. The maximum atomic E-state index is 10.6. The smallest absolute Gasteiger partial charge is 0.133 e. The van der Waals surface area contributed by atoms with E-state index in [9.17, 15) is 5.11 Å². The van der Waals surface area contributed by atoms with Crippen molar-refractivity contribution in [2.75, 3.05) is 13.7 Å². The van der Waals surface area contributed by atoms with Gasteiger partial charge in [0.25, 0.3) is 0 Å². The van der Waals surface area contributed by atoms with Crippen molar-refractivity contribution in [3.8, 4) is 5.75 Å². The van der Waals surface area contributed by atoms with Gasteiger partial charge in [-0.1, -0.05) is 29.8 Å². The first kappa shape index (κ1) is 16.3. The summed E-state index contributed by atoms with van der Waals surface area (Å²) in [6.07, 6.45) is -0.696. The van der Waals surface area contributed by atoms with E-state index in [2.05, 4.69) is 15.9 Å². The van der Waals surface area contributed by atoms with Gasteiger partial charge in [-0.25, -0.2) is 0 Å². The Morgan fingerprint density at radius 3 is 2.33 bits per heavy atom. The summed E-state index contributed by atoms with van der Waals surface area (Å²) in [5.74, 6) is 0.532. The number of benzene rings is 2. The van der Waals surface area contributed by atoms with E-state index >= 15 is 0 Å². The van der Waals surface area contributed by atoms with Gasteiger partial charge in [0.2, 0.25) is 0 Å². The molecule has 112 valence electrons. The van der Waals surface area contributed by atoms with Crippen LogP contribution in [-0.2, 0) is 0 Å². The summed E-state index contributed by atoms with van der Waals surface area (Å²) in [5, 5.41) is 11.3. The van der Waals surface area contributed by atoms with Gasteiger partial charge in [-0.2, -0.15) is 0 Å². The fraction of sp³-hybridized carbons (Fsp3) is 0.250. The predicted molar refractivity (Wildman–Crippen MR) is 88.9 cm³/mol. The van der Waals surface area contributed by atoms with Crippen LogP contribution in [0, 0.1) is 0 Å². The third kappa shape index (κ3) is 3.77. The minimum atomic E-state index is -0.696. The topological polar surface area (TPSA) is 55.5 Å². The third-order valence-corrected chi connectivity index (χ3v) is 4.32. The second-order valence-electron chi connectivity index (χ2n) is 4.73. The van der Waals surface area contributed by atoms with Crippen LogP contribution in [0.2, 0.25) is 5.02 Å². The van der Waals surface area contributed by atoms with E-state index in [0.29, 0.717) is 11.6 Å². The Kier molecular flexibility index (Phi) is 5.65. The quantitative estimate of drug-likeness (QED) is 0.839. The molecule has 0 aliphatic rings. The average Bonchev–Trinajstić information content (AvgIpc) is 2.49. The van der Waals surface area contributed by atoms with E-state index in [1.807, 2.05) is 30.3 Å². The van der Waals surface area contributed by atoms with Crippen LogP contribution in [-0.4, -0.2) is 18.8 Å². The van der Waals surface area contributed by atoms with E-state index in [1.165, 1.54) is 0 Å². The van der Waals surface area contributed by atoms with Gasteiger partial charge in [-0.3, -0.25) is 0 Å². The molecule has 0 spiro atoms. The fourth-order valence-corrected chi connectivity index (χ4v) is 2.94. The Bertz CT molecular complexity index is 604. The van der Waals surface area contributed by atoms with Crippen molar-refractivity contribution in [1.82, 2.24) is 0 Å². The minimum Gasteiger partial charge on any atom is -0.496 e. The maximum absolute atomic E-state index is 10.6. The van der Waals surface area contributed by atoms with Crippen molar-refractivity contribution in [2.24, 2.45) is 5.73 Å². The number of methoxy groups -OCH3 is 1. The number of halogens is 2. The number of hydrogen-bond acceptors (Lipinski definition) is 3. The SMILES string of the molecule is COc1ccc(C(O)C(CN)c2ccc(Cl)cc2)cc1Br. The monoisotopic (exact) mass is 369 g/mol. The van der Waals surface area contributed by atoms with Crippen LogP contribution in [0.5, 0.6) is 5.75 Å². The first-order chi connectivity index (χ1) is 10.1. The summed E-state index contributed by atoms with van der Waals surface area (Å²) in [7, 11) is 1.60. The Hall–Kier alpha value is -1.07. The summed E-state index contributed by atoms with van der Waals surface area (Å²) in [6.45, 7) is 0.340. The van der Waals surface area contributed by atoms with Crippen LogP contribution in [0.4, 0.5) is 0 Å². The molecule has 21 heavy (non-hydrogen) atoms. The zero-order valence-electron chi connectivity index (χ0n) is 11.6. The van der Waals surface area contributed by atoms with Crippen LogP contribution < -0.4 is 10.5 Å². The molecule has 0 radical (unpaired) electrons. The number of ether oxygens (including phenoxy) is 1. The van der Waals surface area contributed by atoms with Crippen LogP contribution in [0.15, 0.2) is 46.9 Å². The Morgan fingerprint density at radius 1 is 1.19 bits per heavy atom. The highest BCUT2D eigenvalue weighted by Crippen LogP contribution is 2.34. The van der Waals surface area contributed by atoms with E-state index in [-0.39, 0.29) is 5.92 Å². The van der Waals surface area contributed by atoms with Gasteiger partial charge in [-0.15, -0.1) is 0 Å². The first-order valence-corrected chi connectivity index (χ1v) is 7.71. The number of aliphatic hydroxyl groups is 1. The molecule has 3 N–H and O–H groups in total. The lowest BCUT2D eigenvalue weighted by Crippen LogP contribution is -2.20. The largest absolute Gasteiger partial charge is 0.496 e. The molecule has 2 aromatic rings. The van der Waals surface area contributed by atoms with Crippen molar-refractivity contribution in [1.29, 1.82) is 0 Å². The normalized spacial score (nSPS) is 13.8. The van der Waals surface area contributed by atoms with Gasteiger partial charge in [0.1, 0.15) is 5.75 Å². The molecular weight excluding hydrogens is 354 g/mol. The number of rotatable bonds is 5. The standard InChI is InChI=1S/C16H17BrClNO2/c1-21-15-7-4-11(8-14(15)17)16(20)13(9-19)10-2-5-12(18)6-3-10/h2-8,13,16,20H,9,19H2,1H3. The molecule has 2 atom stereocenters. The van der Waals surface area contributed by atoms with Crippen LogP contribution in [0.3, 0.4) is 0 Å². The van der Waals surface area contributed by atoms with E-state index in [0.717, 1.165) is 21.3 Å². The van der Waals surface area contributed by atoms with Gasteiger partial charge < -0.3 is 15.6 Å². The average molecular weight is 371 g/mol. The molecule has 2 rings (SSSR count). The highest BCUT2D eigenvalue weighted by molar-refractivity contribution is 9.10. The number of aliphatic hydroxyl groups excluding tert-OH is 1. The molecule has 0 amide bonds. The molecule has 3 nitrogen and oxygen atoms in total. The molecule has 0 saturated carbocycles. The van der Waals surface area contributed by atoms with E-state index < -0.39 is 6.10 Å². The molecule has 0 aliphatic heterocycles. The molecule has 2 aromatic carbocycles. The Labute approximate surface area is 137 Å². The van der Waals surface area contributed by atoms with E-state index in [1.54, 1.807) is 19.2 Å². The summed E-state index contributed by atoms with van der Waals surface area (Å²) in [4.78, 5) is 0. The molecule has 0 heterocycles. The predicted octanol–water partition coefficient (Wildman–Crippen LogP) is 3.89. The van der Waals surface area contributed by atoms with Gasteiger partial charge >= 0.3 is 0 Å². The highest BCUT2D eigenvalue weighted by atomic mass is 79.9. The third-order valence-electron chi connectivity index (χ3n) is 3.45. The van der Waals surface area contributed by atoms with Gasteiger partial charge in [0.05, 0.1) is 17.7 Å². The number of nitrogens with two attached hydrogens (primary N) is 1. The summed E-state index contributed by atoms with van der Waals surface area (Å²) >= 11 is 9.32. The van der Waals surface area contributed by atoms with E-state index in [4.69, 9.17) is 22.1 Å².